The van der Waals surface area contributed by atoms with Crippen LogP contribution in [-0.4, -0.2) is 48.0 Å². The van der Waals surface area contributed by atoms with Crippen molar-refractivity contribution in [2.24, 2.45) is 0 Å². The molecule has 1 unspecified atom stereocenters. The van der Waals surface area contributed by atoms with Crippen molar-refractivity contribution < 1.29 is 54.2 Å². The zero-order chi connectivity index (χ0) is 31.4. The molecule has 0 saturated carbocycles. The summed E-state index contributed by atoms with van der Waals surface area (Å²) in [6.45, 7) is -0.900. The lowest BCUT2D eigenvalue weighted by Gasteiger charge is -2.39. The molecule has 16 heteroatoms. The Morgan fingerprint density at radius 2 is 1.65 bits per heavy atom. The maximum atomic E-state index is 14.1. The van der Waals surface area contributed by atoms with Gasteiger partial charge in [0.25, 0.3) is 11.8 Å². The van der Waals surface area contributed by atoms with Crippen LogP contribution in [0.25, 0.3) is 0 Å². The van der Waals surface area contributed by atoms with Crippen LogP contribution in [0.1, 0.15) is 43.4 Å². The molecule has 0 bridgehead atoms. The van der Waals surface area contributed by atoms with Crippen molar-refractivity contribution in [2.45, 2.75) is 24.5 Å². The number of anilines is 1. The Hall–Kier alpha value is -4.40. The van der Waals surface area contributed by atoms with Gasteiger partial charge in [-0.2, -0.15) is 26.3 Å². The summed E-state index contributed by atoms with van der Waals surface area (Å²) >= 11 is 6.23. The second-order valence-electron chi connectivity index (χ2n) is 9.63. The Labute approximate surface area is 241 Å². The average Bonchev–Trinajstić information content (AvgIpc) is 3.21. The van der Waals surface area contributed by atoms with E-state index >= 15 is 0 Å². The molecule has 3 aromatic carbocycles. The molecule has 2 N–H and O–H groups in total. The molecule has 226 valence electrons. The van der Waals surface area contributed by atoms with E-state index in [0.29, 0.717) is 17.0 Å². The first kappa shape index (κ1) is 30.1. The number of halogens is 9. The van der Waals surface area contributed by atoms with Gasteiger partial charge in [0.2, 0.25) is 0 Å². The van der Waals surface area contributed by atoms with Gasteiger partial charge >= 0.3 is 18.3 Å². The number of hydrogen-bond acceptors (Lipinski definition) is 4. The molecule has 0 radical (unpaired) electrons. The molecule has 1 saturated heterocycles. The van der Waals surface area contributed by atoms with E-state index in [0.717, 1.165) is 18.2 Å². The van der Waals surface area contributed by atoms with E-state index in [-0.39, 0.29) is 39.2 Å². The van der Waals surface area contributed by atoms with E-state index in [4.69, 9.17) is 16.3 Å². The predicted octanol–water partition coefficient (Wildman–Crippen LogP) is 5.87. The fourth-order valence-electron chi connectivity index (χ4n) is 4.68. The van der Waals surface area contributed by atoms with Gasteiger partial charge in [0.1, 0.15) is 23.5 Å². The maximum Gasteiger partial charge on any atom is 0.471 e. The molecule has 3 amide bonds. The molecule has 0 aliphatic carbocycles. The van der Waals surface area contributed by atoms with Crippen molar-refractivity contribution in [1.29, 1.82) is 0 Å². The van der Waals surface area contributed by atoms with Gasteiger partial charge in [-0.15, -0.1) is 0 Å². The van der Waals surface area contributed by atoms with Crippen LogP contribution in [-0.2, 0) is 11.0 Å². The number of nitrogens with one attached hydrogen (secondary N) is 2. The average molecular weight is 634 g/mol. The number of rotatable bonds is 5. The van der Waals surface area contributed by atoms with Gasteiger partial charge in [-0.3, -0.25) is 14.4 Å². The molecule has 5 rings (SSSR count). The van der Waals surface area contributed by atoms with Crippen molar-refractivity contribution in [3.63, 3.8) is 0 Å². The number of benzene rings is 3. The normalized spacial score (nSPS) is 16.8. The zero-order valence-corrected chi connectivity index (χ0v) is 21.9. The Morgan fingerprint density at radius 3 is 2.30 bits per heavy atom. The Morgan fingerprint density at radius 1 is 0.953 bits per heavy atom. The number of alkyl halides is 6. The zero-order valence-electron chi connectivity index (χ0n) is 21.2. The summed E-state index contributed by atoms with van der Waals surface area (Å²) in [4.78, 5) is 37.9. The van der Waals surface area contributed by atoms with Crippen LogP contribution in [0, 0.1) is 11.6 Å². The highest BCUT2D eigenvalue weighted by Gasteiger charge is 2.47. The monoisotopic (exact) mass is 633 g/mol. The van der Waals surface area contributed by atoms with Gasteiger partial charge in [0.15, 0.2) is 0 Å². The number of ether oxygens (including phenoxy) is 1. The molecule has 1 atom stereocenters. The minimum absolute atomic E-state index is 0.00753. The summed E-state index contributed by atoms with van der Waals surface area (Å²) in [6, 6.07) is 5.58. The van der Waals surface area contributed by atoms with E-state index < -0.39 is 78.1 Å². The molecule has 7 nitrogen and oxygen atoms in total. The second-order valence-corrected chi connectivity index (χ2v) is 10.0. The lowest BCUT2D eigenvalue weighted by Crippen LogP contribution is -2.59. The standard InChI is InChI=1S/C27H16ClF8N3O4/c28-19-2-1-13(29)6-17(19)22-21-18(24(41)38-22)7-15(43-16-9-39(10-16)25(42)27(34,35)36)8-20(21)37-23(40)11-3-12(26(31,32)33)5-14(30)4-11/h1-8,16,22H,9-10H2,(H,37,40)(H,38,41). The molecule has 1 fully saturated rings. The van der Waals surface area contributed by atoms with E-state index in [1.54, 1.807) is 0 Å². The Balaban J connectivity index is 1.52. The molecule has 2 aliphatic rings. The smallest absolute Gasteiger partial charge is 0.471 e. The highest BCUT2D eigenvalue weighted by Crippen LogP contribution is 2.42. The summed E-state index contributed by atoms with van der Waals surface area (Å²) in [5.41, 5.74) is -2.48. The van der Waals surface area contributed by atoms with Gasteiger partial charge in [-0.1, -0.05) is 11.6 Å². The van der Waals surface area contributed by atoms with Crippen LogP contribution in [0.3, 0.4) is 0 Å². The highest BCUT2D eigenvalue weighted by atomic mass is 35.5. The number of likely N-dealkylation sites (tertiary alicyclic amines) is 1. The first-order valence-electron chi connectivity index (χ1n) is 12.2. The number of fused-ring (bicyclic) bond motifs is 1. The molecule has 43 heavy (non-hydrogen) atoms. The summed E-state index contributed by atoms with van der Waals surface area (Å²) in [6.07, 6.45) is -11.0. The molecular weight excluding hydrogens is 618 g/mol. The van der Waals surface area contributed by atoms with Gasteiger partial charge in [0, 0.05) is 27.8 Å². The molecule has 0 spiro atoms. The van der Waals surface area contributed by atoms with Crippen LogP contribution in [0.5, 0.6) is 5.75 Å². The van der Waals surface area contributed by atoms with Crippen molar-refractivity contribution >= 4 is 35.0 Å². The van der Waals surface area contributed by atoms with Crippen molar-refractivity contribution in [1.82, 2.24) is 10.2 Å². The fourth-order valence-corrected chi connectivity index (χ4v) is 4.90. The number of carbonyl (C=O) groups excluding carboxylic acids is 3. The summed E-state index contributed by atoms with van der Waals surface area (Å²) < 4.78 is 112. The quantitative estimate of drug-likeness (QED) is 0.344. The number of hydrogen-bond donors (Lipinski definition) is 2. The van der Waals surface area contributed by atoms with Crippen LogP contribution in [0.2, 0.25) is 5.02 Å². The highest BCUT2D eigenvalue weighted by molar-refractivity contribution is 6.31. The van der Waals surface area contributed by atoms with Gasteiger partial charge < -0.3 is 20.3 Å². The molecular formula is C27H16ClF8N3O4. The third-order valence-electron chi connectivity index (χ3n) is 6.65. The van der Waals surface area contributed by atoms with Crippen LogP contribution < -0.4 is 15.4 Å². The summed E-state index contributed by atoms with van der Waals surface area (Å²) in [7, 11) is 0. The lowest BCUT2D eigenvalue weighted by molar-refractivity contribution is -0.193. The number of carbonyl (C=O) groups is 3. The summed E-state index contributed by atoms with van der Waals surface area (Å²) in [5.74, 6) is -6.29. The van der Waals surface area contributed by atoms with Gasteiger partial charge in [-0.05, 0) is 42.5 Å². The summed E-state index contributed by atoms with van der Waals surface area (Å²) in [5, 5.41) is 4.89. The first-order chi connectivity index (χ1) is 20.0. The van der Waals surface area contributed by atoms with Crippen molar-refractivity contribution in [3.8, 4) is 5.75 Å². The first-order valence-corrected chi connectivity index (χ1v) is 12.5. The van der Waals surface area contributed by atoms with Crippen LogP contribution >= 0.6 is 11.6 Å². The van der Waals surface area contributed by atoms with E-state index in [1.807, 2.05) is 0 Å². The minimum atomic E-state index is -5.09. The fraction of sp³-hybridized carbons (Fsp3) is 0.222. The van der Waals surface area contributed by atoms with E-state index in [2.05, 4.69) is 10.6 Å². The van der Waals surface area contributed by atoms with Crippen LogP contribution in [0.4, 0.5) is 40.8 Å². The molecule has 2 aliphatic heterocycles. The maximum absolute atomic E-state index is 14.1. The Bertz CT molecular complexity index is 1650. The van der Waals surface area contributed by atoms with Crippen molar-refractivity contribution in [2.75, 3.05) is 18.4 Å². The molecule has 2 heterocycles. The SMILES string of the molecule is O=C(Nc1cc(OC2CN(C(=O)C(F)(F)F)C2)cc2c1C(c1cc(F)ccc1Cl)NC2=O)c1cc(F)cc(C(F)(F)F)c1. The van der Waals surface area contributed by atoms with Gasteiger partial charge in [-0.25, -0.2) is 8.78 Å². The minimum Gasteiger partial charge on any atom is -0.487 e. The molecule has 3 aromatic rings. The third-order valence-corrected chi connectivity index (χ3v) is 6.99. The number of amides is 3. The van der Waals surface area contributed by atoms with Gasteiger partial charge in [0.05, 0.1) is 35.9 Å². The Kier molecular flexibility index (Phi) is 7.48. The second kappa shape index (κ2) is 10.7. The third kappa shape index (κ3) is 6.07. The topological polar surface area (TPSA) is 87.7 Å². The predicted molar refractivity (Wildman–Crippen MR) is 134 cm³/mol. The number of nitrogens with zero attached hydrogens (tertiary/aromatic N) is 1. The van der Waals surface area contributed by atoms with Crippen molar-refractivity contribution in [3.05, 3.63) is 93.0 Å². The van der Waals surface area contributed by atoms with E-state index in [1.165, 1.54) is 12.1 Å². The van der Waals surface area contributed by atoms with Crippen LogP contribution in [0.15, 0.2) is 48.5 Å². The van der Waals surface area contributed by atoms with E-state index in [9.17, 15) is 49.5 Å². The lowest BCUT2D eigenvalue weighted by atomic mass is 9.95. The largest absolute Gasteiger partial charge is 0.487 e. The molecule has 0 aromatic heterocycles.